The second kappa shape index (κ2) is 12.5. The quantitative estimate of drug-likeness (QED) is 0.869. The number of carboxylic acid groups (broad SMARTS) is 1. The van der Waals surface area contributed by atoms with Crippen LogP contribution >= 0.6 is 12.4 Å². The number of carbonyl (C=O) groups is 1. The highest BCUT2D eigenvalue weighted by Gasteiger charge is 2.09. The Bertz CT molecular complexity index is 559. The molecule has 0 saturated heterocycles. The molecule has 0 saturated carbocycles. The van der Waals surface area contributed by atoms with Crippen LogP contribution in [-0.4, -0.2) is 35.6 Å². The predicted molar refractivity (Wildman–Crippen MR) is 97.2 cm³/mol. The van der Waals surface area contributed by atoms with Gasteiger partial charge < -0.3 is 19.9 Å². The lowest BCUT2D eigenvalue weighted by Crippen LogP contribution is -2.28. The topological polar surface area (TPSA) is 63.6 Å². The Morgan fingerprint density at radius 2 is 1.46 bits per heavy atom. The molecule has 2 aromatic rings. The van der Waals surface area contributed by atoms with Crippen LogP contribution in [0.2, 0.25) is 0 Å². The number of aliphatic hydroxyl groups excluding tert-OH is 1. The molecular weight excluding hydrogens is 326 g/mol. The van der Waals surface area contributed by atoms with Crippen molar-refractivity contribution in [2.45, 2.75) is 20.0 Å². The first-order valence-electron chi connectivity index (χ1n) is 7.80. The van der Waals surface area contributed by atoms with Crippen molar-refractivity contribution in [2.24, 2.45) is 0 Å². The maximum atomic E-state index is 10.1. The van der Waals surface area contributed by atoms with Crippen LogP contribution in [0.5, 0.6) is 0 Å². The minimum Gasteiger partial charge on any atom is -0.545 e. The highest BCUT2D eigenvalue weighted by molar-refractivity contribution is 5.85. The summed E-state index contributed by atoms with van der Waals surface area (Å²) in [7, 11) is 0. The zero-order valence-corrected chi connectivity index (χ0v) is 14.9. The van der Waals surface area contributed by atoms with E-state index in [0.717, 1.165) is 25.2 Å². The molecule has 24 heavy (non-hydrogen) atoms. The molecule has 2 rings (SSSR count). The van der Waals surface area contributed by atoms with E-state index in [4.69, 9.17) is 0 Å². The van der Waals surface area contributed by atoms with Crippen molar-refractivity contribution in [3.8, 4) is 0 Å². The number of aromatic carboxylic acids is 1. The number of likely N-dealkylation sites (N-methyl/N-ethyl adjacent to an activating group) is 1. The van der Waals surface area contributed by atoms with Gasteiger partial charge in [-0.1, -0.05) is 74.5 Å². The van der Waals surface area contributed by atoms with Gasteiger partial charge in [-0.15, -0.1) is 12.4 Å². The fraction of sp³-hybridized carbons (Fsp3) is 0.316. The highest BCUT2D eigenvalue weighted by atomic mass is 35.5. The molecule has 0 aliphatic carbocycles. The van der Waals surface area contributed by atoms with Crippen molar-refractivity contribution in [1.82, 2.24) is 4.90 Å². The summed E-state index contributed by atoms with van der Waals surface area (Å²) in [5, 5.41) is 20.0. The van der Waals surface area contributed by atoms with Gasteiger partial charge >= 0.3 is 0 Å². The lowest BCUT2D eigenvalue weighted by atomic mass is 10.1. The molecule has 132 valence electrons. The first-order chi connectivity index (χ1) is 11.1. The van der Waals surface area contributed by atoms with Crippen LogP contribution in [0.1, 0.15) is 35.9 Å². The Kier molecular flexibility index (Phi) is 11.5. The molecule has 1 atom stereocenters. The van der Waals surface area contributed by atoms with Crippen molar-refractivity contribution in [3.63, 3.8) is 0 Å². The number of benzene rings is 2. The summed E-state index contributed by atoms with van der Waals surface area (Å²) in [5.41, 5.74) is 1.22. The van der Waals surface area contributed by atoms with E-state index in [1.54, 1.807) is 18.2 Å². The monoisotopic (exact) mass is 350 g/mol. The summed E-state index contributed by atoms with van der Waals surface area (Å²) in [5.74, 6) is -1.13. The molecule has 0 aliphatic heterocycles. The Morgan fingerprint density at radius 3 is 1.83 bits per heavy atom. The van der Waals surface area contributed by atoms with Crippen LogP contribution in [0.25, 0.3) is 0 Å². The fourth-order valence-corrected chi connectivity index (χ4v) is 2.08. The van der Waals surface area contributed by atoms with Crippen LogP contribution in [0.4, 0.5) is 0 Å². The van der Waals surface area contributed by atoms with Crippen LogP contribution in [0.3, 0.4) is 0 Å². The maximum absolute atomic E-state index is 10.1. The lowest BCUT2D eigenvalue weighted by molar-refractivity contribution is -0.255. The smallest absolute Gasteiger partial charge is 0.0916 e. The summed E-state index contributed by atoms with van der Waals surface area (Å²) >= 11 is 0. The van der Waals surface area contributed by atoms with Gasteiger partial charge in [-0.2, -0.15) is 0 Å². The summed E-state index contributed by atoms with van der Waals surface area (Å²) in [6, 6.07) is 17.9. The number of halogens is 1. The zero-order chi connectivity index (χ0) is 17.1. The number of nitrogens with zero attached hydrogens (tertiary/aromatic N) is 1. The van der Waals surface area contributed by atoms with Crippen molar-refractivity contribution in [1.29, 1.82) is 0 Å². The molecule has 0 aromatic heterocycles. The third kappa shape index (κ3) is 8.11. The van der Waals surface area contributed by atoms with Gasteiger partial charge in [0, 0.05) is 6.54 Å². The van der Waals surface area contributed by atoms with Crippen molar-refractivity contribution in [3.05, 3.63) is 71.8 Å². The number of rotatable bonds is 6. The first kappa shape index (κ1) is 22.1. The fourth-order valence-electron chi connectivity index (χ4n) is 2.08. The molecule has 0 fully saturated rings. The second-order valence-corrected chi connectivity index (χ2v) is 5.07. The van der Waals surface area contributed by atoms with Gasteiger partial charge in [-0.05, 0) is 24.2 Å². The first-order valence-corrected chi connectivity index (χ1v) is 7.80. The van der Waals surface area contributed by atoms with Crippen LogP contribution in [-0.2, 0) is 0 Å². The third-order valence-corrected chi connectivity index (χ3v) is 3.52. The van der Waals surface area contributed by atoms with Crippen LogP contribution in [0.15, 0.2) is 60.7 Å². The number of carboxylic acids is 1. The van der Waals surface area contributed by atoms with Gasteiger partial charge in [-0.25, -0.2) is 0 Å². The standard InChI is InChI=1S/C12H19NO.C7H6O2.ClH/c1-3-13(4-2)10-12(14)11-8-6-5-7-9-11;8-7(9)6-4-2-1-3-5-6;/h5-9,12,14H,3-4,10H2,1-2H3;1-5H,(H,8,9);1H/p-1. The van der Waals surface area contributed by atoms with Crippen LogP contribution < -0.4 is 5.11 Å². The van der Waals surface area contributed by atoms with E-state index < -0.39 is 5.97 Å². The van der Waals surface area contributed by atoms with E-state index in [-0.39, 0.29) is 24.1 Å². The van der Waals surface area contributed by atoms with E-state index in [1.807, 2.05) is 30.3 Å². The van der Waals surface area contributed by atoms with E-state index in [1.165, 1.54) is 12.1 Å². The SMILES string of the molecule is CCN(CC)CC(O)c1ccccc1.Cl.O=C([O-])c1ccccc1. The normalized spacial score (nSPS) is 11.0. The van der Waals surface area contributed by atoms with Gasteiger partial charge in [0.1, 0.15) is 0 Å². The molecule has 0 amide bonds. The zero-order valence-electron chi connectivity index (χ0n) is 14.1. The molecule has 0 spiro atoms. The van der Waals surface area contributed by atoms with Gasteiger partial charge in [0.05, 0.1) is 12.1 Å². The summed E-state index contributed by atoms with van der Waals surface area (Å²) in [6.07, 6.45) is -0.365. The average molecular weight is 351 g/mol. The minimum atomic E-state index is -1.13. The third-order valence-electron chi connectivity index (χ3n) is 3.52. The minimum absolute atomic E-state index is 0. The summed E-state index contributed by atoms with van der Waals surface area (Å²) in [4.78, 5) is 12.3. The second-order valence-electron chi connectivity index (χ2n) is 5.07. The number of hydrogen-bond acceptors (Lipinski definition) is 4. The Balaban J connectivity index is 0.000000460. The van der Waals surface area contributed by atoms with Crippen molar-refractivity contribution < 1.29 is 15.0 Å². The van der Waals surface area contributed by atoms with Crippen molar-refractivity contribution in [2.75, 3.05) is 19.6 Å². The maximum Gasteiger partial charge on any atom is 0.0916 e. The van der Waals surface area contributed by atoms with Gasteiger partial charge in [0.15, 0.2) is 0 Å². The molecule has 0 heterocycles. The molecule has 1 unspecified atom stereocenters. The molecule has 0 radical (unpaired) electrons. The number of carbonyl (C=O) groups excluding carboxylic acids is 1. The Morgan fingerprint density at radius 1 is 1.00 bits per heavy atom. The molecule has 2 aromatic carbocycles. The van der Waals surface area contributed by atoms with E-state index in [0.29, 0.717) is 0 Å². The van der Waals surface area contributed by atoms with Crippen LogP contribution in [0, 0.1) is 0 Å². The van der Waals surface area contributed by atoms with Gasteiger partial charge in [-0.3, -0.25) is 0 Å². The largest absolute Gasteiger partial charge is 0.545 e. The van der Waals surface area contributed by atoms with Gasteiger partial charge in [0.25, 0.3) is 0 Å². The van der Waals surface area contributed by atoms with E-state index in [2.05, 4.69) is 18.7 Å². The predicted octanol–water partition coefficient (Wildman–Crippen LogP) is 2.53. The molecule has 1 N–H and O–H groups in total. The highest BCUT2D eigenvalue weighted by Crippen LogP contribution is 2.13. The summed E-state index contributed by atoms with van der Waals surface area (Å²) in [6.45, 7) is 6.92. The number of hydrogen-bond donors (Lipinski definition) is 1. The summed E-state index contributed by atoms with van der Waals surface area (Å²) < 4.78 is 0. The van der Waals surface area contributed by atoms with E-state index in [9.17, 15) is 15.0 Å². The molecule has 4 nitrogen and oxygen atoms in total. The molecule has 0 aliphatic rings. The van der Waals surface area contributed by atoms with Crippen molar-refractivity contribution >= 4 is 18.4 Å². The Labute approximate surface area is 150 Å². The average Bonchev–Trinajstić information content (AvgIpc) is 2.61. The number of aliphatic hydroxyl groups is 1. The molecular formula is C19H25ClNO3-. The Hall–Kier alpha value is -1.88. The van der Waals surface area contributed by atoms with E-state index >= 15 is 0 Å². The molecule has 0 bridgehead atoms. The lowest BCUT2D eigenvalue weighted by Gasteiger charge is -2.21. The van der Waals surface area contributed by atoms with Gasteiger partial charge in [0.2, 0.25) is 0 Å². The molecule has 5 heteroatoms.